The molecule has 0 saturated heterocycles. The van der Waals surface area contributed by atoms with E-state index in [2.05, 4.69) is 29.7 Å². The summed E-state index contributed by atoms with van der Waals surface area (Å²) in [5.41, 5.74) is 5.38. The van der Waals surface area contributed by atoms with Crippen molar-refractivity contribution in [3.63, 3.8) is 0 Å². The van der Waals surface area contributed by atoms with E-state index in [9.17, 15) is 4.79 Å². The molecule has 0 bridgehead atoms. The van der Waals surface area contributed by atoms with Crippen molar-refractivity contribution in [3.05, 3.63) is 63.7 Å². The molecule has 0 spiro atoms. The molecule has 0 heterocycles. The number of aryl methyl sites for hydroxylation is 3. The molecular formula is C18H21ClN2O. The van der Waals surface area contributed by atoms with Crippen LogP contribution in [0, 0.1) is 20.8 Å². The first kappa shape index (κ1) is 16.5. The van der Waals surface area contributed by atoms with Gasteiger partial charge in [0.15, 0.2) is 0 Å². The third-order valence-electron chi connectivity index (χ3n) is 3.47. The van der Waals surface area contributed by atoms with Crippen molar-refractivity contribution in [2.45, 2.75) is 27.3 Å². The Morgan fingerprint density at radius 3 is 2.23 bits per heavy atom. The molecule has 0 unspecified atom stereocenters. The summed E-state index contributed by atoms with van der Waals surface area (Å²) < 4.78 is 0. The van der Waals surface area contributed by atoms with Crippen LogP contribution in [0.15, 0.2) is 36.4 Å². The number of benzene rings is 2. The zero-order chi connectivity index (χ0) is 16.1. The average Bonchev–Trinajstić information content (AvgIpc) is 2.45. The van der Waals surface area contributed by atoms with Gasteiger partial charge in [0.1, 0.15) is 0 Å². The van der Waals surface area contributed by atoms with Gasteiger partial charge in [0.25, 0.3) is 0 Å². The molecule has 2 rings (SSSR count). The van der Waals surface area contributed by atoms with Gasteiger partial charge in [0, 0.05) is 17.3 Å². The Balaban J connectivity index is 1.87. The first-order valence-electron chi connectivity index (χ1n) is 7.28. The second-order valence-electron chi connectivity index (χ2n) is 5.55. The Kier molecular flexibility index (Phi) is 5.58. The smallest absolute Gasteiger partial charge is 0.238 e. The molecule has 0 atom stereocenters. The molecule has 22 heavy (non-hydrogen) atoms. The van der Waals surface area contributed by atoms with Crippen LogP contribution in [-0.4, -0.2) is 12.5 Å². The van der Waals surface area contributed by atoms with E-state index in [0.717, 1.165) is 22.4 Å². The van der Waals surface area contributed by atoms with Crippen LogP contribution in [0.25, 0.3) is 0 Å². The molecule has 0 aliphatic carbocycles. The maximum absolute atomic E-state index is 12.1. The highest BCUT2D eigenvalue weighted by atomic mass is 35.5. The van der Waals surface area contributed by atoms with Crippen LogP contribution in [0.5, 0.6) is 0 Å². The fraction of sp³-hybridized carbons (Fsp3) is 0.278. The summed E-state index contributed by atoms with van der Waals surface area (Å²) in [5, 5.41) is 6.83. The number of rotatable bonds is 5. The molecule has 0 aromatic heterocycles. The molecule has 3 nitrogen and oxygen atoms in total. The van der Waals surface area contributed by atoms with Gasteiger partial charge < -0.3 is 10.6 Å². The second kappa shape index (κ2) is 7.43. The highest BCUT2D eigenvalue weighted by Crippen LogP contribution is 2.21. The van der Waals surface area contributed by atoms with E-state index in [1.54, 1.807) is 0 Å². The number of anilines is 1. The Labute approximate surface area is 136 Å². The van der Waals surface area contributed by atoms with Crippen molar-refractivity contribution in [1.29, 1.82) is 0 Å². The van der Waals surface area contributed by atoms with E-state index in [1.165, 1.54) is 5.56 Å². The monoisotopic (exact) mass is 316 g/mol. The number of hydrogen-bond acceptors (Lipinski definition) is 2. The second-order valence-corrected chi connectivity index (χ2v) is 5.99. The Morgan fingerprint density at radius 1 is 1.05 bits per heavy atom. The molecule has 0 fully saturated rings. The normalized spacial score (nSPS) is 10.5. The fourth-order valence-electron chi connectivity index (χ4n) is 2.48. The molecular weight excluding hydrogens is 296 g/mol. The van der Waals surface area contributed by atoms with Gasteiger partial charge >= 0.3 is 0 Å². The van der Waals surface area contributed by atoms with Crippen molar-refractivity contribution in [1.82, 2.24) is 5.32 Å². The van der Waals surface area contributed by atoms with Crippen LogP contribution in [0.1, 0.15) is 22.3 Å². The van der Waals surface area contributed by atoms with Crippen molar-refractivity contribution in [2.75, 3.05) is 11.9 Å². The van der Waals surface area contributed by atoms with E-state index in [1.807, 2.05) is 38.1 Å². The largest absolute Gasteiger partial charge is 0.324 e. The summed E-state index contributed by atoms with van der Waals surface area (Å²) in [7, 11) is 0. The molecule has 116 valence electrons. The number of hydrogen-bond donors (Lipinski definition) is 2. The van der Waals surface area contributed by atoms with Crippen molar-refractivity contribution in [3.8, 4) is 0 Å². The van der Waals surface area contributed by atoms with E-state index in [0.29, 0.717) is 11.6 Å². The third kappa shape index (κ3) is 4.58. The molecule has 1 amide bonds. The van der Waals surface area contributed by atoms with Crippen molar-refractivity contribution in [2.24, 2.45) is 0 Å². The lowest BCUT2D eigenvalue weighted by Gasteiger charge is -2.13. The summed E-state index contributed by atoms with van der Waals surface area (Å²) in [5.74, 6) is -0.0379. The SMILES string of the molecule is Cc1cc(C)c(NC(=O)CNCc2ccc(Cl)cc2)c(C)c1. The molecule has 2 N–H and O–H groups in total. The standard InChI is InChI=1S/C18H21ClN2O/c1-12-8-13(2)18(14(3)9-12)21-17(22)11-20-10-15-4-6-16(19)7-5-15/h4-9,20H,10-11H2,1-3H3,(H,21,22). The van der Waals surface area contributed by atoms with Gasteiger partial charge in [0.05, 0.1) is 6.54 Å². The minimum Gasteiger partial charge on any atom is -0.324 e. The lowest BCUT2D eigenvalue weighted by atomic mass is 10.1. The number of carbonyl (C=O) groups excluding carboxylic acids is 1. The van der Waals surface area contributed by atoms with Gasteiger partial charge in [-0.15, -0.1) is 0 Å². The van der Waals surface area contributed by atoms with Gasteiger partial charge in [-0.25, -0.2) is 0 Å². The van der Waals surface area contributed by atoms with E-state index < -0.39 is 0 Å². The zero-order valence-corrected chi connectivity index (χ0v) is 13.9. The lowest BCUT2D eigenvalue weighted by molar-refractivity contribution is -0.115. The van der Waals surface area contributed by atoms with Gasteiger partial charge in [-0.1, -0.05) is 41.4 Å². The molecule has 4 heteroatoms. The van der Waals surface area contributed by atoms with Crippen LogP contribution in [-0.2, 0) is 11.3 Å². The number of carbonyl (C=O) groups is 1. The predicted molar refractivity (Wildman–Crippen MR) is 92.4 cm³/mol. The summed E-state index contributed by atoms with van der Waals surface area (Å²) in [6.07, 6.45) is 0. The number of amides is 1. The summed E-state index contributed by atoms with van der Waals surface area (Å²) >= 11 is 5.84. The summed E-state index contributed by atoms with van der Waals surface area (Å²) in [4.78, 5) is 12.1. The summed E-state index contributed by atoms with van der Waals surface area (Å²) in [6, 6.07) is 11.7. The highest BCUT2D eigenvalue weighted by Gasteiger charge is 2.08. The van der Waals surface area contributed by atoms with Crippen LogP contribution in [0.3, 0.4) is 0 Å². The van der Waals surface area contributed by atoms with Crippen LogP contribution < -0.4 is 10.6 Å². The van der Waals surface area contributed by atoms with E-state index in [-0.39, 0.29) is 12.5 Å². The first-order chi connectivity index (χ1) is 10.5. The number of nitrogens with one attached hydrogen (secondary N) is 2. The highest BCUT2D eigenvalue weighted by molar-refractivity contribution is 6.30. The molecule has 2 aromatic rings. The predicted octanol–water partition coefficient (Wildman–Crippen LogP) is 3.99. The Bertz CT molecular complexity index is 642. The topological polar surface area (TPSA) is 41.1 Å². The summed E-state index contributed by atoms with van der Waals surface area (Å²) in [6.45, 7) is 6.98. The lowest BCUT2D eigenvalue weighted by Crippen LogP contribution is -2.28. The Morgan fingerprint density at radius 2 is 1.64 bits per heavy atom. The van der Waals surface area contributed by atoms with E-state index in [4.69, 9.17) is 11.6 Å². The van der Waals surface area contributed by atoms with Gasteiger partial charge in [-0.05, 0) is 49.6 Å². The van der Waals surface area contributed by atoms with Crippen LogP contribution >= 0.6 is 11.6 Å². The van der Waals surface area contributed by atoms with Gasteiger partial charge in [-0.3, -0.25) is 4.79 Å². The molecule has 0 saturated carbocycles. The minimum atomic E-state index is -0.0379. The number of halogens is 1. The van der Waals surface area contributed by atoms with Crippen LogP contribution in [0.2, 0.25) is 5.02 Å². The average molecular weight is 317 g/mol. The molecule has 0 aliphatic rings. The van der Waals surface area contributed by atoms with Gasteiger partial charge in [0.2, 0.25) is 5.91 Å². The van der Waals surface area contributed by atoms with Gasteiger partial charge in [-0.2, -0.15) is 0 Å². The van der Waals surface area contributed by atoms with Crippen molar-refractivity contribution < 1.29 is 4.79 Å². The third-order valence-corrected chi connectivity index (χ3v) is 3.72. The maximum Gasteiger partial charge on any atom is 0.238 e. The van der Waals surface area contributed by atoms with Crippen LogP contribution in [0.4, 0.5) is 5.69 Å². The maximum atomic E-state index is 12.1. The quantitative estimate of drug-likeness (QED) is 0.875. The van der Waals surface area contributed by atoms with E-state index >= 15 is 0 Å². The molecule has 0 aliphatic heterocycles. The zero-order valence-electron chi connectivity index (χ0n) is 13.2. The van der Waals surface area contributed by atoms with Crippen molar-refractivity contribution >= 4 is 23.2 Å². The molecule has 0 radical (unpaired) electrons. The molecule has 2 aromatic carbocycles. The first-order valence-corrected chi connectivity index (χ1v) is 7.66. The Hall–Kier alpha value is -1.84. The minimum absolute atomic E-state index is 0.0379. The fourth-order valence-corrected chi connectivity index (χ4v) is 2.61.